The third kappa shape index (κ3) is 2.42. The molecule has 1 aromatic heterocycles. The molecule has 0 aromatic carbocycles. The molecule has 1 fully saturated rings. The van der Waals surface area contributed by atoms with Gasteiger partial charge in [-0.3, -0.25) is 9.78 Å². The van der Waals surface area contributed by atoms with E-state index >= 15 is 0 Å². The summed E-state index contributed by atoms with van der Waals surface area (Å²) in [5.41, 5.74) is 1.02. The van der Waals surface area contributed by atoms with Crippen LogP contribution >= 0.6 is 0 Å². The molecule has 0 bridgehead atoms. The Labute approximate surface area is 89.9 Å². The molecule has 0 amide bonds. The quantitative estimate of drug-likeness (QED) is 0.797. The summed E-state index contributed by atoms with van der Waals surface area (Å²) < 4.78 is 0. The highest BCUT2D eigenvalue weighted by Gasteiger charge is 2.28. The summed E-state index contributed by atoms with van der Waals surface area (Å²) in [5, 5.41) is 3.20. The number of nitrogens with one attached hydrogen (secondary N) is 1. The van der Waals surface area contributed by atoms with E-state index in [-0.39, 0.29) is 5.92 Å². The number of nitrogens with zero attached hydrogens (tertiary/aromatic N) is 1. The van der Waals surface area contributed by atoms with Crippen molar-refractivity contribution in [2.75, 3.05) is 13.1 Å². The normalized spacial score (nSPS) is 18.2. The number of carbonyl (C=O) groups excluding carboxylic acids is 1. The summed E-state index contributed by atoms with van der Waals surface area (Å²) in [6.45, 7) is 4.00. The molecule has 0 radical (unpaired) electrons. The van der Waals surface area contributed by atoms with E-state index in [2.05, 4.69) is 10.3 Å². The van der Waals surface area contributed by atoms with Crippen molar-refractivity contribution in [1.29, 1.82) is 0 Å². The van der Waals surface area contributed by atoms with Gasteiger partial charge in [-0.2, -0.15) is 0 Å². The van der Waals surface area contributed by atoms with Gasteiger partial charge in [0.25, 0.3) is 0 Å². The van der Waals surface area contributed by atoms with Gasteiger partial charge in [0, 0.05) is 24.7 Å². The van der Waals surface area contributed by atoms with E-state index in [1.54, 1.807) is 12.4 Å². The molecule has 2 heterocycles. The number of rotatable bonds is 4. The van der Waals surface area contributed by atoms with Crippen molar-refractivity contribution in [2.24, 2.45) is 11.8 Å². The SMILES string of the molecule is CC(C(=O)Cc1cccnc1)C1CNC1. The molecule has 15 heavy (non-hydrogen) atoms. The van der Waals surface area contributed by atoms with E-state index in [0.717, 1.165) is 18.7 Å². The van der Waals surface area contributed by atoms with Gasteiger partial charge < -0.3 is 5.32 Å². The molecular weight excluding hydrogens is 188 g/mol. The fourth-order valence-electron chi connectivity index (χ4n) is 1.79. The largest absolute Gasteiger partial charge is 0.316 e. The van der Waals surface area contributed by atoms with Crippen LogP contribution in [0.1, 0.15) is 12.5 Å². The van der Waals surface area contributed by atoms with Crippen LogP contribution in [0.5, 0.6) is 0 Å². The molecule has 1 aliphatic heterocycles. The van der Waals surface area contributed by atoms with Gasteiger partial charge in [-0.25, -0.2) is 0 Å². The summed E-state index contributed by atoms with van der Waals surface area (Å²) >= 11 is 0. The standard InChI is InChI=1S/C12H16N2O/c1-9(11-7-14-8-11)12(15)5-10-3-2-4-13-6-10/h2-4,6,9,11,14H,5,7-8H2,1H3. The Morgan fingerprint density at radius 1 is 1.67 bits per heavy atom. The molecule has 80 valence electrons. The van der Waals surface area contributed by atoms with Crippen molar-refractivity contribution in [2.45, 2.75) is 13.3 Å². The number of pyridine rings is 1. The van der Waals surface area contributed by atoms with Crippen molar-refractivity contribution in [3.05, 3.63) is 30.1 Å². The van der Waals surface area contributed by atoms with E-state index < -0.39 is 0 Å². The lowest BCUT2D eigenvalue weighted by atomic mass is 9.84. The Kier molecular flexibility index (Phi) is 3.11. The van der Waals surface area contributed by atoms with Crippen LogP contribution in [-0.4, -0.2) is 23.9 Å². The lowest BCUT2D eigenvalue weighted by Gasteiger charge is -2.31. The zero-order valence-electron chi connectivity index (χ0n) is 8.94. The van der Waals surface area contributed by atoms with Crippen LogP contribution in [0.3, 0.4) is 0 Å². The fraction of sp³-hybridized carbons (Fsp3) is 0.500. The van der Waals surface area contributed by atoms with Crippen LogP contribution in [0.2, 0.25) is 0 Å². The Bertz CT molecular complexity index is 333. The number of Topliss-reactive ketones (excluding diaryl/α,β-unsaturated/α-hetero) is 1. The van der Waals surface area contributed by atoms with E-state index in [1.807, 2.05) is 19.1 Å². The summed E-state index contributed by atoms with van der Waals surface area (Å²) in [6, 6.07) is 3.83. The average molecular weight is 204 g/mol. The molecule has 0 saturated carbocycles. The predicted molar refractivity (Wildman–Crippen MR) is 58.5 cm³/mol. The predicted octanol–water partition coefficient (Wildman–Crippen LogP) is 1.05. The molecule has 1 atom stereocenters. The van der Waals surface area contributed by atoms with Gasteiger partial charge in [-0.05, 0) is 30.6 Å². The second kappa shape index (κ2) is 4.53. The smallest absolute Gasteiger partial charge is 0.140 e. The maximum atomic E-state index is 11.9. The topological polar surface area (TPSA) is 42.0 Å². The average Bonchev–Trinajstić information content (AvgIpc) is 2.16. The summed E-state index contributed by atoms with van der Waals surface area (Å²) in [4.78, 5) is 15.9. The Morgan fingerprint density at radius 2 is 2.47 bits per heavy atom. The molecule has 3 heteroatoms. The summed E-state index contributed by atoms with van der Waals surface area (Å²) in [7, 11) is 0. The van der Waals surface area contributed by atoms with Gasteiger partial charge >= 0.3 is 0 Å². The monoisotopic (exact) mass is 204 g/mol. The van der Waals surface area contributed by atoms with Crippen molar-refractivity contribution >= 4 is 5.78 Å². The highest BCUT2D eigenvalue weighted by Crippen LogP contribution is 2.18. The van der Waals surface area contributed by atoms with Gasteiger partial charge in [-0.15, -0.1) is 0 Å². The molecule has 0 aliphatic carbocycles. The molecule has 1 aromatic rings. The Morgan fingerprint density at radius 3 is 3.00 bits per heavy atom. The third-order valence-electron chi connectivity index (χ3n) is 3.13. The van der Waals surface area contributed by atoms with Crippen molar-refractivity contribution in [1.82, 2.24) is 10.3 Å². The molecular formula is C12H16N2O. The van der Waals surface area contributed by atoms with Crippen LogP contribution in [0.4, 0.5) is 0 Å². The minimum atomic E-state index is 0.173. The number of hydrogen-bond donors (Lipinski definition) is 1. The van der Waals surface area contributed by atoms with E-state index in [1.165, 1.54) is 0 Å². The first-order valence-electron chi connectivity index (χ1n) is 5.39. The molecule has 1 unspecified atom stereocenters. The summed E-state index contributed by atoms with van der Waals surface area (Å²) in [5.74, 6) is 1.04. The van der Waals surface area contributed by atoms with Crippen LogP contribution in [0.25, 0.3) is 0 Å². The van der Waals surface area contributed by atoms with Crippen molar-refractivity contribution in [3.8, 4) is 0 Å². The van der Waals surface area contributed by atoms with Crippen LogP contribution in [0, 0.1) is 11.8 Å². The van der Waals surface area contributed by atoms with Crippen molar-refractivity contribution in [3.63, 3.8) is 0 Å². The minimum absolute atomic E-state index is 0.173. The minimum Gasteiger partial charge on any atom is -0.316 e. The first kappa shape index (κ1) is 10.3. The number of aromatic nitrogens is 1. The van der Waals surface area contributed by atoms with E-state index in [4.69, 9.17) is 0 Å². The van der Waals surface area contributed by atoms with Gasteiger partial charge in [0.1, 0.15) is 5.78 Å². The van der Waals surface area contributed by atoms with E-state index in [0.29, 0.717) is 18.1 Å². The first-order chi connectivity index (χ1) is 7.27. The molecule has 3 nitrogen and oxygen atoms in total. The lowest BCUT2D eigenvalue weighted by molar-refractivity contribution is -0.123. The Hall–Kier alpha value is -1.22. The van der Waals surface area contributed by atoms with Crippen LogP contribution in [-0.2, 0) is 11.2 Å². The maximum Gasteiger partial charge on any atom is 0.140 e. The Balaban J connectivity index is 1.91. The van der Waals surface area contributed by atoms with Crippen LogP contribution in [0.15, 0.2) is 24.5 Å². The van der Waals surface area contributed by atoms with Crippen molar-refractivity contribution < 1.29 is 4.79 Å². The molecule has 1 saturated heterocycles. The van der Waals surface area contributed by atoms with Gasteiger partial charge in [0.15, 0.2) is 0 Å². The summed E-state index contributed by atoms with van der Waals surface area (Å²) in [6.07, 6.45) is 4.02. The van der Waals surface area contributed by atoms with Gasteiger partial charge in [-0.1, -0.05) is 13.0 Å². The fourth-order valence-corrected chi connectivity index (χ4v) is 1.79. The first-order valence-corrected chi connectivity index (χ1v) is 5.39. The molecule has 0 spiro atoms. The zero-order chi connectivity index (χ0) is 10.7. The second-order valence-electron chi connectivity index (χ2n) is 4.21. The number of carbonyl (C=O) groups is 1. The maximum absolute atomic E-state index is 11.9. The second-order valence-corrected chi connectivity index (χ2v) is 4.21. The zero-order valence-corrected chi connectivity index (χ0v) is 8.94. The highest BCUT2D eigenvalue weighted by molar-refractivity contribution is 5.83. The number of ketones is 1. The number of hydrogen-bond acceptors (Lipinski definition) is 3. The van der Waals surface area contributed by atoms with E-state index in [9.17, 15) is 4.79 Å². The third-order valence-corrected chi connectivity index (χ3v) is 3.13. The van der Waals surface area contributed by atoms with Gasteiger partial charge in [0.05, 0.1) is 0 Å². The highest BCUT2D eigenvalue weighted by atomic mass is 16.1. The molecule has 1 aliphatic rings. The molecule has 2 rings (SSSR count). The van der Waals surface area contributed by atoms with Gasteiger partial charge in [0.2, 0.25) is 0 Å². The molecule has 1 N–H and O–H groups in total. The van der Waals surface area contributed by atoms with Crippen LogP contribution < -0.4 is 5.32 Å². The lowest BCUT2D eigenvalue weighted by Crippen LogP contribution is -2.47.